The van der Waals surface area contributed by atoms with Crippen molar-refractivity contribution in [1.82, 2.24) is 9.80 Å². The van der Waals surface area contributed by atoms with Gasteiger partial charge in [-0.3, -0.25) is 4.79 Å². The molecule has 1 heterocycles. The van der Waals surface area contributed by atoms with Crippen LogP contribution in [0.5, 0.6) is 0 Å². The molecule has 1 rings (SSSR count). The Morgan fingerprint density at radius 1 is 1.60 bits per heavy atom. The van der Waals surface area contributed by atoms with E-state index in [1.807, 2.05) is 0 Å². The van der Waals surface area contributed by atoms with E-state index in [1.54, 1.807) is 37.1 Å². The molecule has 82 valence electrons. The van der Waals surface area contributed by atoms with E-state index in [0.29, 0.717) is 18.8 Å². The summed E-state index contributed by atoms with van der Waals surface area (Å²) in [6, 6.07) is 0. The first-order valence-electron chi connectivity index (χ1n) is 4.62. The third kappa shape index (κ3) is 2.59. The smallest absolute Gasteiger partial charge is 0.307 e. The fourth-order valence-electron chi connectivity index (χ4n) is 1.45. The number of nitrogens with zero attached hydrogens (tertiary/aromatic N) is 4. The minimum atomic E-state index is -0.313. The molecule has 1 atom stereocenters. The molecule has 0 radical (unpaired) electrons. The SMILES string of the molecule is CN(C)C(=NC#N)N(C)C1CCC(=O)O1. The number of carbonyl (C=O) groups excluding carboxylic acids is 1. The molecule has 6 heteroatoms. The van der Waals surface area contributed by atoms with E-state index in [9.17, 15) is 4.79 Å². The second-order valence-electron chi connectivity index (χ2n) is 3.50. The van der Waals surface area contributed by atoms with E-state index in [1.165, 1.54) is 0 Å². The molecule has 1 unspecified atom stereocenters. The average Bonchev–Trinajstić information content (AvgIpc) is 2.59. The van der Waals surface area contributed by atoms with Crippen LogP contribution in [-0.2, 0) is 9.53 Å². The Labute approximate surface area is 88.7 Å². The van der Waals surface area contributed by atoms with Gasteiger partial charge in [-0.25, -0.2) is 0 Å². The number of aliphatic imine (C=N–C) groups is 1. The second kappa shape index (κ2) is 4.64. The average molecular weight is 210 g/mol. The zero-order valence-electron chi connectivity index (χ0n) is 9.10. The molecule has 1 aliphatic heterocycles. The van der Waals surface area contributed by atoms with Crippen molar-refractivity contribution < 1.29 is 9.53 Å². The molecule has 0 bridgehead atoms. The summed E-state index contributed by atoms with van der Waals surface area (Å²) in [6.07, 6.45) is 2.47. The summed E-state index contributed by atoms with van der Waals surface area (Å²) in [4.78, 5) is 18.0. The number of rotatable bonds is 1. The van der Waals surface area contributed by atoms with Crippen molar-refractivity contribution in [1.29, 1.82) is 5.26 Å². The molecule has 1 fully saturated rings. The van der Waals surface area contributed by atoms with Gasteiger partial charge in [0.1, 0.15) is 0 Å². The van der Waals surface area contributed by atoms with E-state index >= 15 is 0 Å². The third-order valence-electron chi connectivity index (χ3n) is 2.16. The Bertz CT molecular complexity index is 319. The molecule has 6 nitrogen and oxygen atoms in total. The summed E-state index contributed by atoms with van der Waals surface area (Å²) in [5.74, 6) is 0.277. The van der Waals surface area contributed by atoms with Crippen molar-refractivity contribution >= 4 is 11.9 Å². The van der Waals surface area contributed by atoms with Gasteiger partial charge in [-0.15, -0.1) is 4.99 Å². The lowest BCUT2D eigenvalue weighted by Gasteiger charge is -2.29. The number of hydrogen-bond acceptors (Lipinski definition) is 4. The molecule has 0 spiro atoms. The topological polar surface area (TPSA) is 68.9 Å². The fraction of sp³-hybridized carbons (Fsp3) is 0.667. The van der Waals surface area contributed by atoms with Gasteiger partial charge in [0.25, 0.3) is 0 Å². The molecule has 1 aliphatic rings. The van der Waals surface area contributed by atoms with Crippen molar-refractivity contribution in [2.45, 2.75) is 19.1 Å². The van der Waals surface area contributed by atoms with Crippen molar-refractivity contribution in [3.63, 3.8) is 0 Å². The maximum atomic E-state index is 10.9. The monoisotopic (exact) mass is 210 g/mol. The van der Waals surface area contributed by atoms with Crippen LogP contribution in [0, 0.1) is 11.5 Å². The van der Waals surface area contributed by atoms with E-state index < -0.39 is 0 Å². The highest BCUT2D eigenvalue weighted by atomic mass is 16.6. The van der Waals surface area contributed by atoms with Crippen LogP contribution in [0.25, 0.3) is 0 Å². The zero-order valence-corrected chi connectivity index (χ0v) is 9.10. The van der Waals surface area contributed by atoms with E-state index in [4.69, 9.17) is 10.00 Å². The molecular formula is C9H14N4O2. The van der Waals surface area contributed by atoms with Gasteiger partial charge in [-0.2, -0.15) is 5.26 Å². The number of cyclic esters (lactones) is 1. The van der Waals surface area contributed by atoms with E-state index in [2.05, 4.69) is 4.99 Å². The first-order chi connectivity index (χ1) is 7.06. The van der Waals surface area contributed by atoms with Crippen LogP contribution in [0.2, 0.25) is 0 Å². The van der Waals surface area contributed by atoms with Gasteiger partial charge in [0.2, 0.25) is 12.2 Å². The molecule has 0 saturated carbocycles. The Hall–Kier alpha value is -1.77. The fourth-order valence-corrected chi connectivity index (χ4v) is 1.45. The Kier molecular flexibility index (Phi) is 3.50. The second-order valence-corrected chi connectivity index (χ2v) is 3.50. The minimum Gasteiger partial charge on any atom is -0.441 e. The van der Waals surface area contributed by atoms with Crippen molar-refractivity contribution in [2.75, 3.05) is 21.1 Å². The maximum Gasteiger partial charge on any atom is 0.307 e. The van der Waals surface area contributed by atoms with E-state index in [-0.39, 0.29) is 12.2 Å². The first kappa shape index (κ1) is 11.3. The van der Waals surface area contributed by atoms with Crippen LogP contribution in [-0.4, -0.2) is 49.1 Å². The summed E-state index contributed by atoms with van der Waals surface area (Å²) in [6.45, 7) is 0. The zero-order chi connectivity index (χ0) is 11.4. The van der Waals surface area contributed by atoms with Crippen LogP contribution < -0.4 is 0 Å². The van der Waals surface area contributed by atoms with Gasteiger partial charge in [0, 0.05) is 27.6 Å². The van der Waals surface area contributed by atoms with Crippen LogP contribution in [0.1, 0.15) is 12.8 Å². The number of guanidine groups is 1. The number of nitriles is 1. The minimum absolute atomic E-state index is 0.207. The molecule has 0 aromatic carbocycles. The number of hydrogen-bond donors (Lipinski definition) is 0. The van der Waals surface area contributed by atoms with Gasteiger partial charge in [0.15, 0.2) is 6.23 Å². The Morgan fingerprint density at radius 2 is 2.27 bits per heavy atom. The lowest BCUT2D eigenvalue weighted by molar-refractivity contribution is -0.145. The molecule has 0 aromatic rings. The van der Waals surface area contributed by atoms with Crippen LogP contribution in [0.4, 0.5) is 0 Å². The summed E-state index contributed by atoms with van der Waals surface area (Å²) in [5.41, 5.74) is 0. The number of esters is 1. The van der Waals surface area contributed by atoms with Gasteiger partial charge in [-0.05, 0) is 0 Å². The van der Waals surface area contributed by atoms with Gasteiger partial charge < -0.3 is 14.5 Å². The lowest BCUT2D eigenvalue weighted by Crippen LogP contribution is -2.44. The highest BCUT2D eigenvalue weighted by molar-refractivity contribution is 5.81. The molecule has 0 amide bonds. The van der Waals surface area contributed by atoms with Crippen molar-refractivity contribution in [3.8, 4) is 6.19 Å². The highest BCUT2D eigenvalue weighted by Gasteiger charge is 2.29. The predicted molar refractivity (Wildman–Crippen MR) is 53.6 cm³/mol. The summed E-state index contributed by atoms with van der Waals surface area (Å²) >= 11 is 0. The van der Waals surface area contributed by atoms with Crippen LogP contribution >= 0.6 is 0 Å². The standard InChI is InChI=1S/C9H14N4O2/c1-12(2)9(11-6-10)13(3)7-4-5-8(14)15-7/h7H,4-5H2,1-3H3. The maximum absolute atomic E-state index is 10.9. The molecular weight excluding hydrogens is 196 g/mol. The molecule has 1 saturated heterocycles. The third-order valence-corrected chi connectivity index (χ3v) is 2.16. The normalized spacial score (nSPS) is 20.8. The van der Waals surface area contributed by atoms with Gasteiger partial charge >= 0.3 is 5.97 Å². The van der Waals surface area contributed by atoms with Crippen molar-refractivity contribution in [2.24, 2.45) is 4.99 Å². The van der Waals surface area contributed by atoms with Crippen LogP contribution in [0.15, 0.2) is 4.99 Å². The largest absolute Gasteiger partial charge is 0.441 e. The summed E-state index contributed by atoms with van der Waals surface area (Å²) in [7, 11) is 5.31. The summed E-state index contributed by atoms with van der Waals surface area (Å²) < 4.78 is 5.07. The van der Waals surface area contributed by atoms with Gasteiger partial charge in [-0.1, -0.05) is 0 Å². The lowest BCUT2D eigenvalue weighted by atomic mass is 10.3. The molecule has 0 aliphatic carbocycles. The Balaban J connectivity index is 2.73. The molecule has 15 heavy (non-hydrogen) atoms. The van der Waals surface area contributed by atoms with Crippen molar-refractivity contribution in [3.05, 3.63) is 0 Å². The number of ether oxygens (including phenoxy) is 1. The van der Waals surface area contributed by atoms with Crippen LogP contribution in [0.3, 0.4) is 0 Å². The first-order valence-corrected chi connectivity index (χ1v) is 4.62. The molecule has 0 N–H and O–H groups in total. The van der Waals surface area contributed by atoms with Gasteiger partial charge in [0.05, 0.1) is 6.42 Å². The molecule has 0 aromatic heterocycles. The van der Waals surface area contributed by atoms with E-state index in [0.717, 1.165) is 0 Å². The predicted octanol–water partition coefficient (Wildman–Crippen LogP) is -0.0200. The number of carbonyl (C=O) groups is 1. The Morgan fingerprint density at radius 3 is 2.67 bits per heavy atom. The summed E-state index contributed by atoms with van der Waals surface area (Å²) in [5, 5.41) is 8.53. The quantitative estimate of drug-likeness (QED) is 0.263. The highest BCUT2D eigenvalue weighted by Crippen LogP contribution is 2.17.